The van der Waals surface area contributed by atoms with Crippen molar-refractivity contribution in [1.29, 1.82) is 0 Å². The number of hydrogen-bond donors (Lipinski definition) is 0. The van der Waals surface area contributed by atoms with Crippen molar-refractivity contribution in [2.24, 2.45) is 17.1 Å². The molecule has 0 unspecified atom stereocenters. The third-order valence-electron chi connectivity index (χ3n) is 7.71. The van der Waals surface area contributed by atoms with Crippen molar-refractivity contribution in [3.63, 3.8) is 0 Å². The summed E-state index contributed by atoms with van der Waals surface area (Å²) in [6, 6.07) is 22.3. The molecule has 5 aromatic rings. The summed E-state index contributed by atoms with van der Waals surface area (Å²) >= 11 is 1.47. The highest BCUT2D eigenvalue weighted by molar-refractivity contribution is 7.07. The first-order valence-corrected chi connectivity index (χ1v) is 14.6. The molecule has 6 rings (SSSR count). The van der Waals surface area contributed by atoms with Gasteiger partial charge in [0.05, 0.1) is 23.3 Å². The molecule has 3 heterocycles. The van der Waals surface area contributed by atoms with Crippen molar-refractivity contribution in [3.05, 3.63) is 116 Å². The molecule has 0 radical (unpaired) electrons. The Hall–Kier alpha value is -4.30. The van der Waals surface area contributed by atoms with Gasteiger partial charge in [-0.25, -0.2) is 14.4 Å². The van der Waals surface area contributed by atoms with E-state index in [4.69, 9.17) is 10.1 Å². The van der Waals surface area contributed by atoms with Gasteiger partial charge in [-0.3, -0.25) is 14.5 Å². The van der Waals surface area contributed by atoms with Crippen molar-refractivity contribution in [2.45, 2.75) is 44.9 Å². The predicted octanol–water partition coefficient (Wildman–Crippen LogP) is 6.57. The molecule has 1 saturated carbocycles. The van der Waals surface area contributed by atoms with Crippen LogP contribution in [0.4, 0.5) is 5.69 Å². The van der Waals surface area contributed by atoms with Gasteiger partial charge in [0.1, 0.15) is 0 Å². The molecule has 0 aliphatic heterocycles. The molecule has 1 aliphatic rings. The lowest BCUT2D eigenvalue weighted by atomic mass is 9.84. The van der Waals surface area contributed by atoms with Crippen LogP contribution in [0.3, 0.4) is 0 Å². The third kappa shape index (κ3) is 5.14. The van der Waals surface area contributed by atoms with Crippen molar-refractivity contribution >= 4 is 23.2 Å². The number of aromatic nitrogens is 4. The zero-order chi connectivity index (χ0) is 27.5. The minimum atomic E-state index is -0.166. The van der Waals surface area contributed by atoms with Crippen LogP contribution in [-0.4, -0.2) is 25.2 Å². The normalized spacial score (nSPS) is 14.8. The monoisotopic (exact) mass is 548 g/mol. The lowest BCUT2D eigenvalue weighted by Crippen LogP contribution is -2.19. The number of benzene rings is 2. The summed E-state index contributed by atoms with van der Waals surface area (Å²) in [5.74, 6) is 0.652. The standard InChI is InChI=1S/C32H32N6OS/c1-23-30(31(39)38(36(23)2)28-13-7-4-8-14-28)35-32-37(34-21-24-10-9-19-33-20-24)29(22-40-32)27-17-15-26(16-18-27)25-11-5-3-6-12-25/h4,7-10,13-22,25H,3,5-6,11-12H2,1-2H3/b34-21+,35-32?. The van der Waals surface area contributed by atoms with Gasteiger partial charge >= 0.3 is 0 Å². The van der Waals surface area contributed by atoms with Crippen LogP contribution in [0.15, 0.2) is 99.4 Å². The third-order valence-corrected chi connectivity index (χ3v) is 8.52. The molecule has 3 aromatic heterocycles. The largest absolute Gasteiger partial charge is 0.297 e. The van der Waals surface area contributed by atoms with E-state index in [1.165, 1.54) is 49.0 Å². The summed E-state index contributed by atoms with van der Waals surface area (Å²) in [5, 5.41) is 6.88. The molecule has 0 bridgehead atoms. The minimum Gasteiger partial charge on any atom is -0.283 e. The first-order valence-electron chi connectivity index (χ1n) is 13.7. The lowest BCUT2D eigenvalue weighted by Gasteiger charge is -2.22. The van der Waals surface area contributed by atoms with E-state index in [0.29, 0.717) is 16.4 Å². The predicted molar refractivity (Wildman–Crippen MR) is 162 cm³/mol. The Bertz CT molecular complexity index is 1750. The summed E-state index contributed by atoms with van der Waals surface area (Å²) in [7, 11) is 1.88. The van der Waals surface area contributed by atoms with Crippen LogP contribution in [-0.2, 0) is 7.05 Å². The SMILES string of the molecule is Cc1c(N=c2scc(-c3ccc(C4CCCCC4)cc3)n2/N=C/c2cccnc2)c(=O)n(-c2ccccc2)n1C. The van der Waals surface area contributed by atoms with Gasteiger partial charge in [-0.2, -0.15) is 5.10 Å². The molecule has 0 spiro atoms. The average molecular weight is 549 g/mol. The quantitative estimate of drug-likeness (QED) is 0.225. The summed E-state index contributed by atoms with van der Waals surface area (Å²) in [4.78, 5) is 23.3. The minimum absolute atomic E-state index is 0.166. The van der Waals surface area contributed by atoms with Gasteiger partial charge in [0.25, 0.3) is 5.56 Å². The Morgan fingerprint density at radius 1 is 0.975 bits per heavy atom. The zero-order valence-electron chi connectivity index (χ0n) is 22.8. The van der Waals surface area contributed by atoms with Crippen molar-refractivity contribution in [1.82, 2.24) is 19.0 Å². The Balaban J connectivity index is 1.45. The fraction of sp³-hybridized carbons (Fsp3) is 0.250. The molecular weight excluding hydrogens is 516 g/mol. The van der Waals surface area contributed by atoms with Gasteiger partial charge in [0.2, 0.25) is 4.80 Å². The van der Waals surface area contributed by atoms with E-state index in [9.17, 15) is 4.79 Å². The first-order chi connectivity index (χ1) is 19.6. The highest BCUT2D eigenvalue weighted by atomic mass is 32.1. The number of nitrogens with zero attached hydrogens (tertiary/aromatic N) is 6. The molecule has 7 nitrogen and oxygen atoms in total. The van der Waals surface area contributed by atoms with E-state index >= 15 is 0 Å². The number of hydrogen-bond acceptors (Lipinski definition) is 5. The molecule has 1 fully saturated rings. The van der Waals surface area contributed by atoms with Crippen LogP contribution in [0.5, 0.6) is 0 Å². The number of para-hydroxylation sites is 1. The van der Waals surface area contributed by atoms with Crippen LogP contribution in [0.1, 0.15) is 54.8 Å². The fourth-order valence-electron chi connectivity index (χ4n) is 5.40. The van der Waals surface area contributed by atoms with Crippen LogP contribution in [0.25, 0.3) is 16.9 Å². The lowest BCUT2D eigenvalue weighted by molar-refractivity contribution is 0.443. The summed E-state index contributed by atoms with van der Waals surface area (Å²) in [6.45, 7) is 1.92. The van der Waals surface area contributed by atoms with E-state index in [0.717, 1.165) is 28.2 Å². The molecule has 2 aromatic carbocycles. The van der Waals surface area contributed by atoms with Gasteiger partial charge in [0, 0.05) is 35.9 Å². The second-order valence-corrected chi connectivity index (χ2v) is 11.1. The molecule has 1 aliphatic carbocycles. The molecule has 0 saturated heterocycles. The number of thiazole rings is 1. The number of rotatable bonds is 6. The molecular formula is C32H32N6OS. The van der Waals surface area contributed by atoms with Gasteiger partial charge in [0.15, 0.2) is 5.69 Å². The maximum absolute atomic E-state index is 13.6. The zero-order valence-corrected chi connectivity index (χ0v) is 23.6. The molecule has 40 heavy (non-hydrogen) atoms. The Kier molecular flexibility index (Phi) is 7.42. The van der Waals surface area contributed by atoms with Crippen LogP contribution in [0, 0.1) is 6.92 Å². The highest BCUT2D eigenvalue weighted by Crippen LogP contribution is 2.33. The van der Waals surface area contributed by atoms with E-state index in [1.54, 1.807) is 23.3 Å². The van der Waals surface area contributed by atoms with E-state index in [-0.39, 0.29) is 5.56 Å². The topological polar surface area (TPSA) is 69.5 Å². The highest BCUT2D eigenvalue weighted by Gasteiger charge is 2.18. The summed E-state index contributed by atoms with van der Waals surface area (Å²) < 4.78 is 5.32. The molecule has 0 N–H and O–H groups in total. The Labute approximate surface area is 237 Å². The van der Waals surface area contributed by atoms with Gasteiger partial charge in [-0.1, -0.05) is 67.8 Å². The van der Waals surface area contributed by atoms with E-state index in [2.05, 4.69) is 34.6 Å². The molecule has 0 amide bonds. The van der Waals surface area contributed by atoms with Crippen molar-refractivity contribution in [2.75, 3.05) is 0 Å². The van der Waals surface area contributed by atoms with Gasteiger partial charge < -0.3 is 0 Å². The van der Waals surface area contributed by atoms with Crippen LogP contribution in [0.2, 0.25) is 0 Å². The van der Waals surface area contributed by atoms with Crippen LogP contribution >= 0.6 is 11.3 Å². The summed E-state index contributed by atoms with van der Waals surface area (Å²) in [6.07, 6.45) is 11.8. The molecule has 202 valence electrons. The Morgan fingerprint density at radius 3 is 2.48 bits per heavy atom. The molecule has 0 atom stereocenters. The number of pyridine rings is 1. The first kappa shape index (κ1) is 26.0. The van der Waals surface area contributed by atoms with E-state index < -0.39 is 0 Å². The smallest absolute Gasteiger partial charge is 0.283 e. The van der Waals surface area contributed by atoms with Gasteiger partial charge in [-0.15, -0.1) is 11.3 Å². The maximum Gasteiger partial charge on any atom is 0.297 e. The fourth-order valence-corrected chi connectivity index (χ4v) is 6.25. The second kappa shape index (κ2) is 11.4. The van der Waals surface area contributed by atoms with Crippen molar-refractivity contribution < 1.29 is 0 Å². The van der Waals surface area contributed by atoms with Crippen LogP contribution < -0.4 is 10.4 Å². The van der Waals surface area contributed by atoms with E-state index in [1.807, 2.05) is 65.8 Å². The summed E-state index contributed by atoms with van der Waals surface area (Å²) in [5.41, 5.74) is 6.10. The van der Waals surface area contributed by atoms with Gasteiger partial charge in [-0.05, 0) is 49.4 Å². The maximum atomic E-state index is 13.6. The average Bonchev–Trinajstić information content (AvgIpc) is 3.51. The molecule has 8 heteroatoms. The second-order valence-electron chi connectivity index (χ2n) is 10.2. The van der Waals surface area contributed by atoms with Crippen molar-refractivity contribution in [3.8, 4) is 16.9 Å². The Morgan fingerprint density at radius 2 is 1.75 bits per heavy atom.